The number of hydrogen-bond donors (Lipinski definition) is 1. The van der Waals surface area contributed by atoms with E-state index in [0.717, 1.165) is 44.9 Å². The fraction of sp³-hybridized carbons (Fsp3) is 0.621. The molecule has 182 valence electrons. The zero-order chi connectivity index (χ0) is 23.6. The molecular weight excluding hydrogens is 424 g/mol. The molecule has 5 heteroatoms. The summed E-state index contributed by atoms with van der Waals surface area (Å²) in [4.78, 5) is 15.8. The van der Waals surface area contributed by atoms with Crippen molar-refractivity contribution in [3.8, 4) is 0 Å². The Balaban J connectivity index is 1.29. The number of carbonyl (C=O) groups excluding carboxylic acids is 1. The van der Waals surface area contributed by atoms with Crippen molar-refractivity contribution in [1.29, 1.82) is 0 Å². The molecule has 34 heavy (non-hydrogen) atoms. The standard InChI is InChI=1S/C29H38N2O3/c1-17(2)31-16-18-14-25-23(22-9-4-10-24(31)28(18)22)13-19(15-30(25)3)29(33)34-27-12-6-7-20-21(27)8-5-11-26(20)32/h4,9-10,13,16-17,19-21,25-27,32H,5-8,11-12,14-15H2,1-3H3/t19-,20?,21?,25-,26?,27?/m1/s1. The summed E-state index contributed by atoms with van der Waals surface area (Å²) in [5.74, 6) is 0.303. The number of ether oxygens (including phenoxy) is 1. The molecule has 2 saturated carbocycles. The maximum atomic E-state index is 13.5. The molecule has 1 aromatic carbocycles. The van der Waals surface area contributed by atoms with Gasteiger partial charge in [-0.1, -0.05) is 24.6 Å². The largest absolute Gasteiger partial charge is 0.462 e. The van der Waals surface area contributed by atoms with Gasteiger partial charge in [0.2, 0.25) is 0 Å². The summed E-state index contributed by atoms with van der Waals surface area (Å²) in [6, 6.07) is 7.32. The van der Waals surface area contributed by atoms with Gasteiger partial charge in [-0.3, -0.25) is 9.69 Å². The maximum absolute atomic E-state index is 13.5. The van der Waals surface area contributed by atoms with Crippen LogP contribution in [0.5, 0.6) is 0 Å². The second-order valence-electron chi connectivity index (χ2n) is 11.5. The van der Waals surface area contributed by atoms with Gasteiger partial charge >= 0.3 is 5.97 Å². The van der Waals surface area contributed by atoms with Crippen LogP contribution >= 0.6 is 0 Å². The van der Waals surface area contributed by atoms with E-state index in [0.29, 0.717) is 30.5 Å². The molecule has 5 nitrogen and oxygen atoms in total. The van der Waals surface area contributed by atoms with Crippen molar-refractivity contribution in [1.82, 2.24) is 9.47 Å². The highest BCUT2D eigenvalue weighted by Gasteiger charge is 2.43. The zero-order valence-corrected chi connectivity index (χ0v) is 20.7. The Hall–Kier alpha value is -2.11. The second-order valence-corrected chi connectivity index (χ2v) is 11.5. The number of nitrogens with zero attached hydrogens (tertiary/aromatic N) is 2. The number of aliphatic hydroxyl groups is 1. The Labute approximate surface area is 202 Å². The zero-order valence-electron chi connectivity index (χ0n) is 20.7. The number of aromatic nitrogens is 1. The van der Waals surface area contributed by atoms with Gasteiger partial charge in [-0.25, -0.2) is 0 Å². The maximum Gasteiger partial charge on any atom is 0.314 e. The number of aliphatic hydroxyl groups excluding tert-OH is 1. The third kappa shape index (κ3) is 3.54. The molecule has 2 fully saturated rings. The van der Waals surface area contributed by atoms with Crippen LogP contribution in [-0.4, -0.2) is 52.4 Å². The van der Waals surface area contributed by atoms with Crippen LogP contribution in [0.1, 0.15) is 69.5 Å². The number of rotatable bonds is 3. The number of benzene rings is 1. The molecule has 3 aliphatic carbocycles. The topological polar surface area (TPSA) is 54.7 Å². The minimum absolute atomic E-state index is 0.0379. The molecule has 0 spiro atoms. The second kappa shape index (κ2) is 8.53. The van der Waals surface area contributed by atoms with E-state index in [1.54, 1.807) is 0 Å². The molecule has 0 amide bonds. The Morgan fingerprint density at radius 3 is 2.74 bits per heavy atom. The molecule has 1 aromatic heterocycles. The third-order valence-electron chi connectivity index (χ3n) is 9.13. The van der Waals surface area contributed by atoms with Crippen molar-refractivity contribution in [2.45, 2.75) is 83.1 Å². The van der Waals surface area contributed by atoms with E-state index in [2.05, 4.69) is 60.8 Å². The van der Waals surface area contributed by atoms with Crippen molar-refractivity contribution in [3.63, 3.8) is 0 Å². The van der Waals surface area contributed by atoms with Crippen LogP contribution in [0.15, 0.2) is 30.5 Å². The van der Waals surface area contributed by atoms with Crippen LogP contribution < -0.4 is 0 Å². The van der Waals surface area contributed by atoms with Crippen LogP contribution in [0.4, 0.5) is 0 Å². The first-order valence-corrected chi connectivity index (χ1v) is 13.4. The molecule has 0 bridgehead atoms. The van der Waals surface area contributed by atoms with Gasteiger partial charge in [0, 0.05) is 41.6 Å². The van der Waals surface area contributed by atoms with Gasteiger partial charge in [-0.2, -0.15) is 0 Å². The average Bonchev–Trinajstić information content (AvgIpc) is 3.20. The number of likely N-dealkylation sites (N-methyl/N-ethyl adjacent to an activating group) is 1. The van der Waals surface area contributed by atoms with Gasteiger partial charge in [0.05, 0.1) is 12.0 Å². The minimum Gasteiger partial charge on any atom is -0.462 e. The first-order chi connectivity index (χ1) is 16.4. The van der Waals surface area contributed by atoms with Gasteiger partial charge in [-0.05, 0) is 88.1 Å². The fourth-order valence-electron chi connectivity index (χ4n) is 7.45. The van der Waals surface area contributed by atoms with E-state index in [9.17, 15) is 9.90 Å². The molecule has 6 rings (SSSR count). The van der Waals surface area contributed by atoms with Crippen molar-refractivity contribution >= 4 is 22.4 Å². The summed E-state index contributed by atoms with van der Waals surface area (Å²) in [6.45, 7) is 5.17. The predicted octanol–water partition coefficient (Wildman–Crippen LogP) is 4.96. The first kappa shape index (κ1) is 22.4. The summed E-state index contributed by atoms with van der Waals surface area (Å²) in [7, 11) is 2.15. The van der Waals surface area contributed by atoms with E-state index >= 15 is 0 Å². The van der Waals surface area contributed by atoms with Crippen molar-refractivity contribution in [3.05, 3.63) is 41.6 Å². The minimum atomic E-state index is -0.242. The quantitative estimate of drug-likeness (QED) is 0.655. The van der Waals surface area contributed by atoms with Crippen molar-refractivity contribution in [2.75, 3.05) is 13.6 Å². The van der Waals surface area contributed by atoms with Crippen LogP contribution in [0.3, 0.4) is 0 Å². The Bertz CT molecular complexity index is 1130. The summed E-state index contributed by atoms with van der Waals surface area (Å²) in [5, 5.41) is 11.9. The van der Waals surface area contributed by atoms with Gasteiger partial charge < -0.3 is 14.4 Å². The van der Waals surface area contributed by atoms with E-state index in [-0.39, 0.29) is 24.1 Å². The van der Waals surface area contributed by atoms with Gasteiger partial charge in [0.1, 0.15) is 6.10 Å². The number of fused-ring (bicyclic) bond motifs is 3. The highest BCUT2D eigenvalue weighted by molar-refractivity contribution is 5.99. The molecule has 2 aromatic rings. The van der Waals surface area contributed by atoms with Gasteiger partial charge in [-0.15, -0.1) is 0 Å². The molecular formula is C29H38N2O3. The van der Waals surface area contributed by atoms with E-state index in [1.807, 2.05) is 0 Å². The molecule has 1 N–H and O–H groups in total. The smallest absolute Gasteiger partial charge is 0.314 e. The van der Waals surface area contributed by atoms with Crippen LogP contribution in [0, 0.1) is 17.8 Å². The molecule has 2 heterocycles. The SMILES string of the molecule is CC(C)n1cc2c3c(cccc31)C1=C[C@@H](C(=O)OC3CCCC4C(O)CCCC34)CN(C)[C@@H]1C2. The lowest BCUT2D eigenvalue weighted by atomic mass is 9.68. The van der Waals surface area contributed by atoms with E-state index < -0.39 is 0 Å². The molecule has 4 unspecified atom stereocenters. The Morgan fingerprint density at radius 1 is 1.12 bits per heavy atom. The lowest BCUT2D eigenvalue weighted by Gasteiger charge is -2.44. The van der Waals surface area contributed by atoms with Gasteiger partial charge in [0.15, 0.2) is 0 Å². The normalized spacial score (nSPS) is 33.4. The summed E-state index contributed by atoms with van der Waals surface area (Å²) < 4.78 is 8.61. The average molecular weight is 463 g/mol. The lowest BCUT2D eigenvalue weighted by Crippen LogP contribution is -2.47. The Morgan fingerprint density at radius 2 is 1.91 bits per heavy atom. The first-order valence-electron chi connectivity index (χ1n) is 13.4. The highest BCUT2D eigenvalue weighted by Crippen LogP contribution is 2.44. The third-order valence-corrected chi connectivity index (χ3v) is 9.13. The van der Waals surface area contributed by atoms with Crippen LogP contribution in [-0.2, 0) is 16.0 Å². The predicted molar refractivity (Wildman–Crippen MR) is 134 cm³/mol. The molecule has 6 atom stereocenters. The van der Waals surface area contributed by atoms with Crippen LogP contribution in [0.2, 0.25) is 0 Å². The number of hydrogen-bond acceptors (Lipinski definition) is 4. The fourth-order valence-corrected chi connectivity index (χ4v) is 7.45. The van der Waals surface area contributed by atoms with E-state index in [4.69, 9.17) is 4.74 Å². The molecule has 4 aliphatic rings. The molecule has 0 radical (unpaired) electrons. The van der Waals surface area contributed by atoms with Crippen molar-refractivity contribution in [2.24, 2.45) is 17.8 Å². The van der Waals surface area contributed by atoms with Gasteiger partial charge in [0.25, 0.3) is 0 Å². The summed E-state index contributed by atoms with van der Waals surface area (Å²) in [6.07, 6.45) is 11.3. The highest BCUT2D eigenvalue weighted by atomic mass is 16.5. The van der Waals surface area contributed by atoms with E-state index in [1.165, 1.54) is 27.6 Å². The Kier molecular flexibility index (Phi) is 5.61. The monoisotopic (exact) mass is 462 g/mol. The number of carbonyl (C=O) groups is 1. The summed E-state index contributed by atoms with van der Waals surface area (Å²) >= 11 is 0. The lowest BCUT2D eigenvalue weighted by molar-refractivity contribution is -0.163. The molecule has 1 aliphatic heterocycles. The number of esters is 1. The summed E-state index contributed by atoms with van der Waals surface area (Å²) in [5.41, 5.74) is 5.27. The van der Waals surface area contributed by atoms with Crippen molar-refractivity contribution < 1.29 is 14.6 Å². The molecule has 0 saturated heterocycles. The van der Waals surface area contributed by atoms with Crippen LogP contribution in [0.25, 0.3) is 16.5 Å².